The molecule has 206 valence electrons. The van der Waals surface area contributed by atoms with Gasteiger partial charge in [-0.15, -0.1) is 5.10 Å². The van der Waals surface area contributed by atoms with E-state index in [0.29, 0.717) is 21.9 Å². The van der Waals surface area contributed by atoms with Gasteiger partial charge in [0.25, 0.3) is 5.56 Å². The summed E-state index contributed by atoms with van der Waals surface area (Å²) in [5.41, 5.74) is 4.13. The van der Waals surface area contributed by atoms with E-state index in [2.05, 4.69) is 32.9 Å². The highest BCUT2D eigenvalue weighted by Crippen LogP contribution is 2.27. The number of hydrogen-bond acceptors (Lipinski definition) is 6. The number of ether oxygens (including phenoxy) is 1. The lowest BCUT2D eigenvalue weighted by molar-refractivity contribution is 0.305. The third-order valence-electron chi connectivity index (χ3n) is 6.73. The van der Waals surface area contributed by atoms with E-state index in [9.17, 15) is 4.79 Å². The van der Waals surface area contributed by atoms with Crippen LogP contribution < -0.4 is 14.8 Å². The minimum Gasteiger partial charge on any atom is -0.494 e. The maximum atomic E-state index is 13.4. The molecule has 7 nitrogen and oxygen atoms in total. The monoisotopic (exact) mass is 625 g/mol. The summed E-state index contributed by atoms with van der Waals surface area (Å²) in [6, 6.07) is 25.6. The fraction of sp³-hybridized carbons (Fsp3) is 0.188. The molecule has 0 atom stereocenters. The summed E-state index contributed by atoms with van der Waals surface area (Å²) in [6.07, 6.45) is 8.50. The summed E-state index contributed by atoms with van der Waals surface area (Å²) in [6.45, 7) is 2.92. The van der Waals surface area contributed by atoms with Gasteiger partial charge in [0, 0.05) is 27.4 Å². The smallest absolute Gasteiger partial charge is 0.291 e. The molecule has 0 saturated heterocycles. The molecule has 0 saturated carbocycles. The van der Waals surface area contributed by atoms with Gasteiger partial charge in [0.05, 0.1) is 16.8 Å². The molecular formula is C32H28BrN5O2S. The third kappa shape index (κ3) is 6.01. The summed E-state index contributed by atoms with van der Waals surface area (Å²) in [7, 11) is 0. The van der Waals surface area contributed by atoms with Gasteiger partial charge in [-0.3, -0.25) is 4.79 Å². The Kier molecular flexibility index (Phi) is 8.07. The Morgan fingerprint density at radius 3 is 2.39 bits per heavy atom. The van der Waals surface area contributed by atoms with Crippen LogP contribution in [0.5, 0.6) is 5.75 Å². The van der Waals surface area contributed by atoms with Crippen LogP contribution in [0.3, 0.4) is 0 Å². The van der Waals surface area contributed by atoms with Gasteiger partial charge in [0.15, 0.2) is 5.82 Å². The number of nitrogens with zero attached hydrogens (tertiary/aromatic N) is 5. The maximum Gasteiger partial charge on any atom is 0.291 e. The molecule has 3 heterocycles. The molecule has 0 fully saturated rings. The molecule has 0 aliphatic rings. The topological polar surface area (TPSA) is 74.3 Å². The first-order chi connectivity index (χ1) is 20.1. The Hall–Kier alpha value is -4.08. The lowest BCUT2D eigenvalue weighted by Gasteiger charge is -2.07. The van der Waals surface area contributed by atoms with Crippen molar-refractivity contribution >= 4 is 38.3 Å². The average molecular weight is 627 g/mol. The largest absolute Gasteiger partial charge is 0.494 e. The minimum absolute atomic E-state index is 0.203. The van der Waals surface area contributed by atoms with Crippen LogP contribution in [0.4, 0.5) is 0 Å². The Bertz CT molecular complexity index is 1880. The van der Waals surface area contributed by atoms with E-state index < -0.39 is 0 Å². The molecule has 0 unspecified atom stereocenters. The zero-order valence-electron chi connectivity index (χ0n) is 22.5. The summed E-state index contributed by atoms with van der Waals surface area (Å²) >= 11 is 4.76. The number of unbranched alkanes of at least 4 members (excludes halogenated alkanes) is 3. The molecular weight excluding hydrogens is 598 g/mol. The normalized spacial score (nSPS) is 11.9. The van der Waals surface area contributed by atoms with Crippen molar-refractivity contribution in [1.29, 1.82) is 0 Å². The average Bonchev–Trinajstić information content (AvgIpc) is 3.69. The van der Waals surface area contributed by atoms with Crippen molar-refractivity contribution in [1.82, 2.24) is 24.4 Å². The van der Waals surface area contributed by atoms with Crippen LogP contribution in [0.25, 0.3) is 39.4 Å². The van der Waals surface area contributed by atoms with Gasteiger partial charge in [-0.05, 0) is 61.0 Å². The van der Waals surface area contributed by atoms with Crippen molar-refractivity contribution in [3.05, 3.63) is 110 Å². The van der Waals surface area contributed by atoms with Crippen LogP contribution in [0.15, 0.2) is 94.3 Å². The highest BCUT2D eigenvalue weighted by molar-refractivity contribution is 9.10. The number of hydrogen-bond donors (Lipinski definition) is 0. The van der Waals surface area contributed by atoms with E-state index in [1.165, 1.54) is 35.1 Å². The SMILES string of the molecule is CCCCCCOc1ccc(-c2nn(-c3ccccc3)cc2C=c2sc3nc(-c4ccc(Br)cc4)nn3c2=O)cc1. The van der Waals surface area contributed by atoms with E-state index in [1.807, 2.05) is 95.8 Å². The second kappa shape index (κ2) is 12.2. The molecule has 0 amide bonds. The Balaban J connectivity index is 1.34. The molecule has 3 aromatic carbocycles. The van der Waals surface area contributed by atoms with E-state index in [1.54, 1.807) is 0 Å². The summed E-state index contributed by atoms with van der Waals surface area (Å²) in [5, 5.41) is 9.40. The van der Waals surface area contributed by atoms with E-state index in [0.717, 1.165) is 44.7 Å². The number of rotatable bonds is 10. The molecule has 3 aromatic heterocycles. The van der Waals surface area contributed by atoms with Crippen molar-refractivity contribution < 1.29 is 4.74 Å². The number of fused-ring (bicyclic) bond motifs is 1. The minimum atomic E-state index is -0.203. The highest BCUT2D eigenvalue weighted by atomic mass is 79.9. The molecule has 0 spiro atoms. The van der Waals surface area contributed by atoms with Crippen LogP contribution in [0.2, 0.25) is 0 Å². The number of thiazole rings is 1. The molecule has 0 N–H and O–H groups in total. The molecule has 6 aromatic rings. The predicted octanol–water partition coefficient (Wildman–Crippen LogP) is 6.94. The quantitative estimate of drug-likeness (QED) is 0.154. The first-order valence-corrected chi connectivity index (χ1v) is 15.3. The van der Waals surface area contributed by atoms with Crippen molar-refractivity contribution in [3.63, 3.8) is 0 Å². The van der Waals surface area contributed by atoms with E-state index in [-0.39, 0.29) is 5.56 Å². The molecule has 9 heteroatoms. The molecule has 0 aliphatic carbocycles. The molecule has 0 bridgehead atoms. The number of benzene rings is 3. The van der Waals surface area contributed by atoms with Crippen molar-refractivity contribution in [2.24, 2.45) is 0 Å². The van der Waals surface area contributed by atoms with E-state index >= 15 is 0 Å². The fourth-order valence-electron chi connectivity index (χ4n) is 4.55. The van der Waals surface area contributed by atoms with Crippen LogP contribution in [-0.4, -0.2) is 31.0 Å². The molecule has 41 heavy (non-hydrogen) atoms. The predicted molar refractivity (Wildman–Crippen MR) is 168 cm³/mol. The Labute approximate surface area is 249 Å². The van der Waals surface area contributed by atoms with E-state index in [4.69, 9.17) is 9.84 Å². The zero-order chi connectivity index (χ0) is 28.2. The first-order valence-electron chi connectivity index (χ1n) is 13.6. The van der Waals surface area contributed by atoms with Gasteiger partial charge in [-0.2, -0.15) is 14.6 Å². The standard InChI is InChI=1S/C32H28BrN5O2S/c1-2-3-4-8-19-40-27-17-13-22(14-18-27)29-24(21-37(35-29)26-9-6-5-7-10-26)20-28-31(39)38-32(41-28)34-30(36-38)23-11-15-25(33)16-12-23/h5-7,9-18,20-21H,2-4,8,19H2,1H3. The summed E-state index contributed by atoms with van der Waals surface area (Å²) in [4.78, 5) is 18.5. The first kappa shape index (κ1) is 27.1. The van der Waals surface area contributed by atoms with Crippen LogP contribution in [0.1, 0.15) is 38.2 Å². The van der Waals surface area contributed by atoms with Crippen LogP contribution in [0, 0.1) is 0 Å². The number of para-hydroxylation sites is 1. The third-order valence-corrected chi connectivity index (χ3v) is 8.22. The van der Waals surface area contributed by atoms with Gasteiger partial charge in [-0.25, -0.2) is 4.68 Å². The highest BCUT2D eigenvalue weighted by Gasteiger charge is 2.15. The Morgan fingerprint density at radius 2 is 1.66 bits per heavy atom. The second-order valence-corrected chi connectivity index (χ2v) is 11.6. The van der Waals surface area contributed by atoms with Crippen molar-refractivity contribution in [3.8, 4) is 34.1 Å². The van der Waals surface area contributed by atoms with Crippen LogP contribution in [-0.2, 0) is 0 Å². The molecule has 6 rings (SSSR count). The number of halogens is 1. The number of aromatic nitrogens is 5. The van der Waals surface area contributed by atoms with Gasteiger partial charge in [-0.1, -0.05) is 83.8 Å². The van der Waals surface area contributed by atoms with Crippen molar-refractivity contribution in [2.45, 2.75) is 32.6 Å². The van der Waals surface area contributed by atoms with Gasteiger partial charge < -0.3 is 4.74 Å². The fourth-order valence-corrected chi connectivity index (χ4v) is 5.72. The lowest BCUT2D eigenvalue weighted by Crippen LogP contribution is -2.23. The summed E-state index contributed by atoms with van der Waals surface area (Å²) in [5.74, 6) is 1.37. The zero-order valence-corrected chi connectivity index (χ0v) is 24.9. The molecule has 0 aliphatic heterocycles. The van der Waals surface area contributed by atoms with Gasteiger partial charge in [0.1, 0.15) is 11.4 Å². The van der Waals surface area contributed by atoms with Gasteiger partial charge >= 0.3 is 0 Å². The van der Waals surface area contributed by atoms with Crippen molar-refractivity contribution in [2.75, 3.05) is 6.61 Å². The Morgan fingerprint density at radius 1 is 0.902 bits per heavy atom. The maximum absolute atomic E-state index is 13.4. The molecule has 0 radical (unpaired) electrons. The van der Waals surface area contributed by atoms with Gasteiger partial charge in [0.2, 0.25) is 4.96 Å². The lowest BCUT2D eigenvalue weighted by atomic mass is 10.1. The van der Waals surface area contributed by atoms with Crippen LogP contribution >= 0.6 is 27.3 Å². The summed E-state index contributed by atoms with van der Waals surface area (Å²) < 4.78 is 10.7. The second-order valence-electron chi connectivity index (χ2n) is 9.70.